The Hall–Kier alpha value is -3.28. The molecule has 0 unspecified atom stereocenters. The number of pyridine rings is 2. The van der Waals surface area contributed by atoms with Crippen LogP contribution in [0.2, 0.25) is 0 Å². The molecule has 2 N–H and O–H groups in total. The molecule has 2 aromatic heterocycles. The molecular weight excluding hydrogens is 316 g/mol. The zero-order valence-electron chi connectivity index (χ0n) is 13.8. The van der Waals surface area contributed by atoms with Gasteiger partial charge in [-0.25, -0.2) is 4.98 Å². The van der Waals surface area contributed by atoms with Crippen LogP contribution in [0.1, 0.15) is 23.0 Å². The summed E-state index contributed by atoms with van der Waals surface area (Å²) in [5, 5.41) is 6.40. The summed E-state index contributed by atoms with van der Waals surface area (Å²) in [7, 11) is 0. The van der Waals surface area contributed by atoms with E-state index in [1.807, 2.05) is 36.4 Å². The summed E-state index contributed by atoms with van der Waals surface area (Å²) >= 11 is 0. The van der Waals surface area contributed by atoms with Gasteiger partial charge >= 0.3 is 0 Å². The Balaban J connectivity index is 1.59. The third kappa shape index (κ3) is 4.17. The van der Waals surface area contributed by atoms with E-state index in [-0.39, 0.29) is 17.5 Å². The van der Waals surface area contributed by atoms with E-state index in [1.54, 1.807) is 31.5 Å². The van der Waals surface area contributed by atoms with Crippen LogP contribution < -0.4 is 10.6 Å². The monoisotopic (exact) mass is 334 g/mol. The Labute approximate surface area is 145 Å². The van der Waals surface area contributed by atoms with Gasteiger partial charge in [0.25, 0.3) is 5.91 Å². The minimum Gasteiger partial charge on any atom is -0.350 e. The minimum absolute atomic E-state index is 0.266. The molecule has 0 fully saturated rings. The number of hydrogen-bond acceptors (Lipinski definition) is 4. The molecule has 1 aromatic carbocycles. The number of fused-ring (bicyclic) bond motifs is 1. The van der Waals surface area contributed by atoms with E-state index < -0.39 is 6.04 Å². The number of carbonyl (C=O) groups is 2. The van der Waals surface area contributed by atoms with Crippen LogP contribution >= 0.6 is 0 Å². The number of nitrogens with one attached hydrogen (secondary N) is 2. The highest BCUT2D eigenvalue weighted by Crippen LogP contribution is 2.11. The molecule has 0 saturated carbocycles. The van der Waals surface area contributed by atoms with Crippen molar-refractivity contribution in [2.75, 3.05) is 0 Å². The highest BCUT2D eigenvalue weighted by molar-refractivity contribution is 5.97. The summed E-state index contributed by atoms with van der Waals surface area (Å²) in [4.78, 5) is 32.8. The lowest BCUT2D eigenvalue weighted by atomic mass is 10.2. The highest BCUT2D eigenvalue weighted by atomic mass is 16.2. The average Bonchev–Trinajstić information content (AvgIpc) is 2.66. The number of amides is 2. The van der Waals surface area contributed by atoms with Crippen molar-refractivity contribution in [2.24, 2.45) is 0 Å². The molecule has 0 aliphatic heterocycles. The second-order valence-electron chi connectivity index (χ2n) is 5.66. The van der Waals surface area contributed by atoms with Crippen LogP contribution in [0.5, 0.6) is 0 Å². The molecule has 6 nitrogen and oxygen atoms in total. The van der Waals surface area contributed by atoms with E-state index in [1.165, 1.54) is 0 Å². The molecule has 0 aliphatic rings. The van der Waals surface area contributed by atoms with Gasteiger partial charge < -0.3 is 10.6 Å². The zero-order chi connectivity index (χ0) is 17.6. The highest BCUT2D eigenvalue weighted by Gasteiger charge is 2.17. The first-order valence-electron chi connectivity index (χ1n) is 7.97. The Morgan fingerprint density at radius 2 is 1.92 bits per heavy atom. The topological polar surface area (TPSA) is 84.0 Å². The van der Waals surface area contributed by atoms with Crippen molar-refractivity contribution in [3.05, 3.63) is 72.2 Å². The van der Waals surface area contributed by atoms with E-state index in [9.17, 15) is 9.59 Å². The lowest BCUT2D eigenvalue weighted by Crippen LogP contribution is -2.44. The lowest BCUT2D eigenvalue weighted by Gasteiger charge is -2.14. The van der Waals surface area contributed by atoms with Crippen LogP contribution in [0.25, 0.3) is 10.9 Å². The maximum atomic E-state index is 12.3. The van der Waals surface area contributed by atoms with Crippen LogP contribution in [0.4, 0.5) is 0 Å². The second-order valence-corrected chi connectivity index (χ2v) is 5.66. The first kappa shape index (κ1) is 16.6. The predicted octanol–water partition coefficient (Wildman–Crippen LogP) is 2.06. The van der Waals surface area contributed by atoms with Gasteiger partial charge in [0.15, 0.2) is 0 Å². The molecular formula is C19H18N4O2. The Morgan fingerprint density at radius 3 is 2.72 bits per heavy atom. The van der Waals surface area contributed by atoms with E-state index in [4.69, 9.17) is 0 Å². The fourth-order valence-electron chi connectivity index (χ4n) is 2.37. The summed E-state index contributed by atoms with van der Waals surface area (Å²) in [6, 6.07) is 14.0. The van der Waals surface area contributed by atoms with Crippen LogP contribution in [-0.2, 0) is 11.3 Å². The molecule has 0 aliphatic carbocycles. The maximum Gasteiger partial charge on any atom is 0.270 e. The van der Waals surface area contributed by atoms with Gasteiger partial charge in [-0.1, -0.05) is 30.3 Å². The first-order valence-corrected chi connectivity index (χ1v) is 7.97. The van der Waals surface area contributed by atoms with Crippen LogP contribution in [0.15, 0.2) is 60.9 Å². The molecule has 3 aromatic rings. The van der Waals surface area contributed by atoms with E-state index >= 15 is 0 Å². The largest absolute Gasteiger partial charge is 0.350 e. The van der Waals surface area contributed by atoms with Crippen molar-refractivity contribution in [3.63, 3.8) is 0 Å². The van der Waals surface area contributed by atoms with Crippen LogP contribution in [0, 0.1) is 0 Å². The van der Waals surface area contributed by atoms with Crippen LogP contribution in [0.3, 0.4) is 0 Å². The van der Waals surface area contributed by atoms with E-state index in [0.29, 0.717) is 6.54 Å². The summed E-state index contributed by atoms with van der Waals surface area (Å²) in [5.74, 6) is -0.646. The first-order chi connectivity index (χ1) is 12.1. The Kier molecular flexibility index (Phi) is 4.99. The fourth-order valence-corrected chi connectivity index (χ4v) is 2.37. The molecule has 6 heteroatoms. The molecule has 0 spiro atoms. The summed E-state index contributed by atoms with van der Waals surface area (Å²) in [6.45, 7) is 2.00. The van der Waals surface area contributed by atoms with Gasteiger partial charge in [0.05, 0.1) is 5.52 Å². The molecule has 3 rings (SSSR count). The van der Waals surface area contributed by atoms with Gasteiger partial charge in [-0.3, -0.25) is 14.6 Å². The van der Waals surface area contributed by atoms with Gasteiger partial charge in [-0.15, -0.1) is 0 Å². The summed E-state index contributed by atoms with van der Waals surface area (Å²) < 4.78 is 0. The predicted molar refractivity (Wildman–Crippen MR) is 94.8 cm³/mol. The average molecular weight is 334 g/mol. The van der Waals surface area contributed by atoms with Crippen molar-refractivity contribution in [1.29, 1.82) is 0 Å². The molecule has 0 saturated heterocycles. The van der Waals surface area contributed by atoms with Crippen molar-refractivity contribution in [2.45, 2.75) is 19.5 Å². The normalized spacial score (nSPS) is 11.7. The second kappa shape index (κ2) is 7.53. The van der Waals surface area contributed by atoms with Crippen LogP contribution in [-0.4, -0.2) is 27.8 Å². The van der Waals surface area contributed by atoms with Gasteiger partial charge in [0.1, 0.15) is 11.7 Å². The fraction of sp³-hybridized carbons (Fsp3) is 0.158. The third-order valence-electron chi connectivity index (χ3n) is 3.76. The number of benzene rings is 1. The molecule has 126 valence electrons. The van der Waals surface area contributed by atoms with Crippen molar-refractivity contribution in [3.8, 4) is 0 Å². The zero-order valence-corrected chi connectivity index (χ0v) is 13.8. The number of para-hydroxylation sites is 1. The number of hydrogen-bond donors (Lipinski definition) is 2. The summed E-state index contributed by atoms with van der Waals surface area (Å²) in [5.41, 5.74) is 1.92. The van der Waals surface area contributed by atoms with Crippen molar-refractivity contribution in [1.82, 2.24) is 20.6 Å². The van der Waals surface area contributed by atoms with E-state index in [0.717, 1.165) is 16.5 Å². The lowest BCUT2D eigenvalue weighted by molar-refractivity contribution is -0.122. The SMILES string of the molecule is C[C@@H](NC(=O)c1ccc2ccccc2n1)C(=O)NCc1cccnc1. The number of aromatic nitrogens is 2. The number of rotatable bonds is 5. The van der Waals surface area contributed by atoms with Gasteiger partial charge in [0, 0.05) is 24.3 Å². The van der Waals surface area contributed by atoms with Crippen molar-refractivity contribution < 1.29 is 9.59 Å². The van der Waals surface area contributed by atoms with Gasteiger partial charge in [0.2, 0.25) is 5.91 Å². The molecule has 0 bridgehead atoms. The molecule has 1 atom stereocenters. The Bertz CT molecular complexity index is 896. The molecule has 0 radical (unpaired) electrons. The number of nitrogens with zero attached hydrogens (tertiary/aromatic N) is 2. The molecule has 25 heavy (non-hydrogen) atoms. The van der Waals surface area contributed by atoms with Gasteiger partial charge in [-0.05, 0) is 30.7 Å². The molecule has 2 amide bonds. The Morgan fingerprint density at radius 1 is 1.08 bits per heavy atom. The standard InChI is InChI=1S/C19H18N4O2/c1-13(18(24)21-12-14-5-4-10-20-11-14)22-19(25)17-9-8-15-6-2-3-7-16(15)23-17/h2-11,13H,12H2,1H3,(H,21,24)(H,22,25)/t13-/m1/s1. The maximum absolute atomic E-state index is 12.3. The minimum atomic E-state index is -0.669. The molecule has 2 heterocycles. The van der Waals surface area contributed by atoms with Gasteiger partial charge in [-0.2, -0.15) is 0 Å². The third-order valence-corrected chi connectivity index (χ3v) is 3.76. The smallest absolute Gasteiger partial charge is 0.270 e. The quantitative estimate of drug-likeness (QED) is 0.748. The van der Waals surface area contributed by atoms with Crippen molar-refractivity contribution >= 4 is 22.7 Å². The summed E-state index contributed by atoms with van der Waals surface area (Å²) in [6.07, 6.45) is 3.35. The van der Waals surface area contributed by atoms with E-state index in [2.05, 4.69) is 20.6 Å². The number of carbonyl (C=O) groups excluding carboxylic acids is 2.